The maximum absolute atomic E-state index is 12.9. The fourth-order valence-electron chi connectivity index (χ4n) is 3.01. The number of nitrogens with zero attached hydrogens (tertiary/aromatic N) is 1. The number of benzene rings is 2. The van der Waals surface area contributed by atoms with Crippen LogP contribution >= 0.6 is 15.9 Å². The van der Waals surface area contributed by atoms with Gasteiger partial charge in [0, 0.05) is 18.7 Å². The Hall–Kier alpha value is -2.21. The van der Waals surface area contributed by atoms with Gasteiger partial charge in [0.2, 0.25) is 0 Å². The quantitative estimate of drug-likeness (QED) is 0.679. The van der Waals surface area contributed by atoms with Crippen LogP contribution in [0, 0.1) is 6.92 Å². The lowest BCUT2D eigenvalue weighted by atomic mass is 10.1. The van der Waals surface area contributed by atoms with Gasteiger partial charge in [0.05, 0.1) is 4.47 Å². The number of carbonyl (C=O) groups is 1. The molecule has 0 bridgehead atoms. The molecule has 6 heteroatoms. The molecule has 0 spiro atoms. The number of aryl methyl sites for hydroxylation is 1. The van der Waals surface area contributed by atoms with Gasteiger partial charge >= 0.3 is 0 Å². The van der Waals surface area contributed by atoms with Crippen LogP contribution in [0.3, 0.4) is 0 Å². The van der Waals surface area contributed by atoms with Gasteiger partial charge in [-0.2, -0.15) is 0 Å². The van der Waals surface area contributed by atoms with Gasteiger partial charge in [-0.05, 0) is 60.5 Å². The molecular weight excluding hydrogens is 410 g/mol. The number of ether oxygens (including phenoxy) is 3. The van der Waals surface area contributed by atoms with Crippen LogP contribution in [0.2, 0.25) is 0 Å². The van der Waals surface area contributed by atoms with Gasteiger partial charge in [-0.3, -0.25) is 4.79 Å². The number of hydrogen-bond acceptors (Lipinski definition) is 4. The van der Waals surface area contributed by atoms with Crippen molar-refractivity contribution < 1.29 is 19.0 Å². The van der Waals surface area contributed by atoms with E-state index in [-0.39, 0.29) is 5.91 Å². The number of rotatable bonds is 6. The van der Waals surface area contributed by atoms with Crippen LogP contribution < -0.4 is 14.2 Å². The first-order valence-electron chi connectivity index (χ1n) is 9.08. The van der Waals surface area contributed by atoms with Crippen molar-refractivity contribution >= 4 is 21.8 Å². The molecule has 0 radical (unpaired) electrons. The zero-order valence-corrected chi connectivity index (χ0v) is 17.4. The summed E-state index contributed by atoms with van der Waals surface area (Å²) in [5.74, 6) is 2.05. The Kier molecular flexibility index (Phi) is 6.26. The van der Waals surface area contributed by atoms with E-state index in [9.17, 15) is 4.79 Å². The van der Waals surface area contributed by atoms with Gasteiger partial charge in [0.25, 0.3) is 5.91 Å². The molecular formula is C21H24BrNO4. The van der Waals surface area contributed by atoms with Crippen LogP contribution in [-0.2, 0) is 11.3 Å². The number of halogens is 1. The molecule has 3 rings (SSSR count). The topological polar surface area (TPSA) is 48.0 Å². The Morgan fingerprint density at radius 1 is 1.26 bits per heavy atom. The summed E-state index contributed by atoms with van der Waals surface area (Å²) in [7, 11) is 0. The SMILES string of the molecule is CCN(Cc1cccc2c1OCCO2)C(=O)C(C)Oc1ccc(C)cc1Br. The van der Waals surface area contributed by atoms with Crippen LogP contribution in [-0.4, -0.2) is 36.7 Å². The summed E-state index contributed by atoms with van der Waals surface area (Å²) >= 11 is 3.49. The zero-order chi connectivity index (χ0) is 19.4. The number of para-hydroxylation sites is 1. The van der Waals surface area contributed by atoms with Gasteiger partial charge in [-0.1, -0.05) is 18.2 Å². The molecule has 0 saturated heterocycles. The lowest BCUT2D eigenvalue weighted by molar-refractivity contribution is -0.138. The maximum atomic E-state index is 12.9. The molecule has 0 saturated carbocycles. The molecule has 144 valence electrons. The van der Waals surface area contributed by atoms with Crippen LogP contribution in [0.4, 0.5) is 0 Å². The first-order chi connectivity index (χ1) is 13.0. The fraction of sp³-hybridized carbons (Fsp3) is 0.381. The normalized spacial score (nSPS) is 13.8. The molecule has 0 fully saturated rings. The molecule has 0 aliphatic carbocycles. The van der Waals surface area contributed by atoms with Gasteiger partial charge < -0.3 is 19.1 Å². The Morgan fingerprint density at radius 3 is 2.78 bits per heavy atom. The highest BCUT2D eigenvalue weighted by Crippen LogP contribution is 2.34. The van der Waals surface area contributed by atoms with Crippen molar-refractivity contribution in [3.8, 4) is 17.2 Å². The molecule has 1 aliphatic heterocycles. The zero-order valence-electron chi connectivity index (χ0n) is 15.8. The summed E-state index contributed by atoms with van der Waals surface area (Å²) in [6.07, 6.45) is -0.597. The molecule has 0 N–H and O–H groups in total. The Balaban J connectivity index is 1.72. The molecule has 0 aromatic heterocycles. The van der Waals surface area contributed by atoms with E-state index in [0.717, 1.165) is 27.1 Å². The van der Waals surface area contributed by atoms with Crippen molar-refractivity contribution in [1.29, 1.82) is 0 Å². The predicted molar refractivity (Wildman–Crippen MR) is 107 cm³/mol. The molecule has 1 atom stereocenters. The molecule has 5 nitrogen and oxygen atoms in total. The lowest BCUT2D eigenvalue weighted by Gasteiger charge is -2.27. The summed E-state index contributed by atoms with van der Waals surface area (Å²) in [6.45, 7) is 7.83. The number of hydrogen-bond donors (Lipinski definition) is 0. The molecule has 1 amide bonds. The second-order valence-corrected chi connectivity index (χ2v) is 7.34. The van der Waals surface area contributed by atoms with E-state index in [2.05, 4.69) is 15.9 Å². The Bertz CT molecular complexity index is 824. The van der Waals surface area contributed by atoms with E-state index >= 15 is 0 Å². The first-order valence-corrected chi connectivity index (χ1v) is 9.88. The standard InChI is InChI=1S/C21H24BrNO4/c1-4-23(13-16-6-5-7-19-20(16)26-11-10-25-19)21(24)15(3)27-18-9-8-14(2)12-17(18)22/h5-9,12,15H,4,10-11,13H2,1-3H3. The minimum Gasteiger partial charge on any atom is -0.486 e. The summed E-state index contributed by atoms with van der Waals surface area (Å²) < 4.78 is 18.1. The second-order valence-electron chi connectivity index (χ2n) is 6.49. The summed E-state index contributed by atoms with van der Waals surface area (Å²) in [4.78, 5) is 14.7. The van der Waals surface area contributed by atoms with E-state index in [0.29, 0.717) is 32.1 Å². The van der Waals surface area contributed by atoms with Crippen molar-refractivity contribution in [2.75, 3.05) is 19.8 Å². The first kappa shape index (κ1) is 19.5. The molecule has 2 aromatic rings. The van der Waals surface area contributed by atoms with E-state index in [1.807, 2.05) is 50.2 Å². The van der Waals surface area contributed by atoms with Crippen molar-refractivity contribution in [2.45, 2.75) is 33.4 Å². The third kappa shape index (κ3) is 4.56. The van der Waals surface area contributed by atoms with Crippen molar-refractivity contribution in [3.05, 3.63) is 52.0 Å². The highest BCUT2D eigenvalue weighted by atomic mass is 79.9. The maximum Gasteiger partial charge on any atom is 0.263 e. The Labute approximate surface area is 168 Å². The van der Waals surface area contributed by atoms with Crippen molar-refractivity contribution in [2.24, 2.45) is 0 Å². The van der Waals surface area contributed by atoms with Crippen molar-refractivity contribution in [3.63, 3.8) is 0 Å². The molecule has 1 unspecified atom stereocenters. The van der Waals surface area contributed by atoms with Crippen LogP contribution in [0.25, 0.3) is 0 Å². The highest BCUT2D eigenvalue weighted by Gasteiger charge is 2.24. The van der Waals surface area contributed by atoms with E-state index in [1.54, 1.807) is 11.8 Å². The summed E-state index contributed by atoms with van der Waals surface area (Å²) in [5, 5.41) is 0. The highest BCUT2D eigenvalue weighted by molar-refractivity contribution is 9.10. The van der Waals surface area contributed by atoms with Crippen LogP contribution in [0.1, 0.15) is 25.0 Å². The smallest absolute Gasteiger partial charge is 0.263 e. The second kappa shape index (κ2) is 8.65. The van der Waals surface area contributed by atoms with Gasteiger partial charge in [0.1, 0.15) is 19.0 Å². The average Bonchev–Trinajstić information content (AvgIpc) is 2.67. The third-order valence-electron chi connectivity index (χ3n) is 4.44. The van der Waals surface area contributed by atoms with E-state index < -0.39 is 6.10 Å². The molecule has 27 heavy (non-hydrogen) atoms. The number of likely N-dealkylation sites (N-methyl/N-ethyl adjacent to an activating group) is 1. The van der Waals surface area contributed by atoms with Gasteiger partial charge in [-0.25, -0.2) is 0 Å². The summed E-state index contributed by atoms with van der Waals surface area (Å²) in [5.41, 5.74) is 2.06. The van der Waals surface area contributed by atoms with Crippen LogP contribution in [0.15, 0.2) is 40.9 Å². The fourth-order valence-corrected chi connectivity index (χ4v) is 3.60. The molecule has 1 aliphatic rings. The van der Waals surface area contributed by atoms with E-state index in [1.165, 1.54) is 0 Å². The predicted octanol–water partition coefficient (Wildman–Crippen LogP) is 4.34. The third-order valence-corrected chi connectivity index (χ3v) is 5.06. The minimum absolute atomic E-state index is 0.0701. The molecule has 1 heterocycles. The van der Waals surface area contributed by atoms with Gasteiger partial charge in [-0.15, -0.1) is 0 Å². The number of carbonyl (C=O) groups excluding carboxylic acids is 1. The average molecular weight is 434 g/mol. The number of fused-ring (bicyclic) bond motifs is 1. The van der Waals surface area contributed by atoms with Gasteiger partial charge in [0.15, 0.2) is 17.6 Å². The van der Waals surface area contributed by atoms with E-state index in [4.69, 9.17) is 14.2 Å². The van der Waals surface area contributed by atoms with Crippen molar-refractivity contribution in [1.82, 2.24) is 4.90 Å². The monoisotopic (exact) mass is 433 g/mol. The Morgan fingerprint density at radius 2 is 2.04 bits per heavy atom. The van der Waals surface area contributed by atoms with Crippen LogP contribution in [0.5, 0.6) is 17.2 Å². The summed E-state index contributed by atoms with van der Waals surface area (Å²) in [6, 6.07) is 11.6. The largest absolute Gasteiger partial charge is 0.486 e. The molecule has 2 aromatic carbocycles. The minimum atomic E-state index is -0.597. The lowest BCUT2D eigenvalue weighted by Crippen LogP contribution is -2.40. The number of amides is 1.